The van der Waals surface area contributed by atoms with Crippen molar-refractivity contribution in [2.75, 3.05) is 0 Å². The van der Waals surface area contributed by atoms with Crippen LogP contribution in [0.2, 0.25) is 5.02 Å². The molecule has 0 aliphatic carbocycles. The van der Waals surface area contributed by atoms with Gasteiger partial charge in [0, 0.05) is 12.6 Å². The fourth-order valence-corrected chi connectivity index (χ4v) is 2.40. The zero-order valence-corrected chi connectivity index (χ0v) is 13.5. The molecule has 0 bridgehead atoms. The van der Waals surface area contributed by atoms with E-state index in [1.807, 2.05) is 42.8 Å². The number of hydrogen-bond donors (Lipinski definition) is 1. The van der Waals surface area contributed by atoms with Crippen molar-refractivity contribution in [1.82, 2.24) is 9.78 Å². The van der Waals surface area contributed by atoms with Crippen LogP contribution in [0.3, 0.4) is 0 Å². The van der Waals surface area contributed by atoms with Crippen LogP contribution in [-0.2, 0) is 13.2 Å². The Kier molecular flexibility index (Phi) is 5.26. The number of nitrogens with two attached hydrogens (primary N) is 1. The van der Waals surface area contributed by atoms with E-state index in [9.17, 15) is 0 Å². The number of ether oxygens (including phenoxy) is 1. The molecular weight excluding hydrogens is 286 g/mol. The number of nitrogens with zero attached hydrogens (tertiary/aromatic N) is 2. The Morgan fingerprint density at radius 1 is 1.29 bits per heavy atom. The van der Waals surface area contributed by atoms with E-state index in [2.05, 4.69) is 12.0 Å². The van der Waals surface area contributed by atoms with E-state index in [1.54, 1.807) is 0 Å². The molecule has 0 amide bonds. The standard InChI is InChI=1S/C16H22ClN3O/c1-4-14(18)12-6-8-13(9-7-12)21-10-15-16(17)11(3)19-20(15)5-2/h6-9,14H,4-5,10,18H2,1-3H3. The molecule has 5 heteroatoms. The van der Waals surface area contributed by atoms with E-state index < -0.39 is 0 Å². The monoisotopic (exact) mass is 307 g/mol. The molecule has 2 aromatic rings. The fourth-order valence-electron chi connectivity index (χ4n) is 2.21. The van der Waals surface area contributed by atoms with Crippen LogP contribution in [0, 0.1) is 6.92 Å². The summed E-state index contributed by atoms with van der Waals surface area (Å²) in [6.45, 7) is 7.20. The summed E-state index contributed by atoms with van der Waals surface area (Å²) in [7, 11) is 0. The molecule has 114 valence electrons. The average Bonchev–Trinajstić information content (AvgIpc) is 2.79. The maximum Gasteiger partial charge on any atom is 0.131 e. The molecule has 21 heavy (non-hydrogen) atoms. The third-order valence-electron chi connectivity index (χ3n) is 3.58. The van der Waals surface area contributed by atoms with Crippen LogP contribution >= 0.6 is 11.6 Å². The molecule has 0 spiro atoms. The number of benzene rings is 1. The molecule has 1 aromatic carbocycles. The van der Waals surface area contributed by atoms with E-state index in [-0.39, 0.29) is 6.04 Å². The number of rotatable bonds is 6. The van der Waals surface area contributed by atoms with Gasteiger partial charge < -0.3 is 10.5 Å². The van der Waals surface area contributed by atoms with Gasteiger partial charge in [0.25, 0.3) is 0 Å². The van der Waals surface area contributed by atoms with Gasteiger partial charge >= 0.3 is 0 Å². The zero-order chi connectivity index (χ0) is 15.4. The van der Waals surface area contributed by atoms with Gasteiger partial charge in [-0.05, 0) is 38.0 Å². The van der Waals surface area contributed by atoms with Crippen molar-refractivity contribution >= 4 is 11.6 Å². The molecule has 0 saturated carbocycles. The summed E-state index contributed by atoms with van der Waals surface area (Å²) < 4.78 is 7.69. The van der Waals surface area contributed by atoms with Gasteiger partial charge in [-0.25, -0.2) is 0 Å². The predicted molar refractivity (Wildman–Crippen MR) is 85.6 cm³/mol. The molecule has 1 heterocycles. The lowest BCUT2D eigenvalue weighted by Gasteiger charge is -2.11. The third-order valence-corrected chi connectivity index (χ3v) is 4.07. The van der Waals surface area contributed by atoms with Crippen molar-refractivity contribution in [2.45, 2.75) is 46.4 Å². The lowest BCUT2D eigenvalue weighted by atomic mass is 10.1. The van der Waals surface area contributed by atoms with Gasteiger partial charge in [-0.2, -0.15) is 5.10 Å². The Morgan fingerprint density at radius 3 is 2.52 bits per heavy atom. The van der Waals surface area contributed by atoms with Crippen LogP contribution in [-0.4, -0.2) is 9.78 Å². The molecule has 1 aromatic heterocycles. The van der Waals surface area contributed by atoms with Crippen LogP contribution in [0.25, 0.3) is 0 Å². The van der Waals surface area contributed by atoms with Crippen molar-refractivity contribution in [3.8, 4) is 5.75 Å². The summed E-state index contributed by atoms with van der Waals surface area (Å²) in [5.41, 5.74) is 8.87. The topological polar surface area (TPSA) is 53.1 Å². The molecule has 2 rings (SSSR count). The van der Waals surface area contributed by atoms with Crippen LogP contribution in [0.4, 0.5) is 0 Å². The Morgan fingerprint density at radius 2 is 1.95 bits per heavy atom. The first-order chi connectivity index (χ1) is 10.1. The van der Waals surface area contributed by atoms with Crippen LogP contribution < -0.4 is 10.5 Å². The second-order valence-corrected chi connectivity index (χ2v) is 5.41. The predicted octanol–water partition coefficient (Wildman–Crippen LogP) is 3.85. The highest BCUT2D eigenvalue weighted by Gasteiger charge is 2.13. The second kappa shape index (κ2) is 6.96. The summed E-state index contributed by atoms with van der Waals surface area (Å²) >= 11 is 6.26. The first-order valence-corrected chi connectivity index (χ1v) is 7.64. The molecule has 2 N–H and O–H groups in total. The smallest absolute Gasteiger partial charge is 0.131 e. The molecule has 1 atom stereocenters. The Bertz CT molecular complexity index is 592. The quantitative estimate of drug-likeness (QED) is 0.882. The first-order valence-electron chi connectivity index (χ1n) is 7.26. The van der Waals surface area contributed by atoms with Crippen LogP contribution in [0.15, 0.2) is 24.3 Å². The van der Waals surface area contributed by atoms with Gasteiger partial charge in [0.15, 0.2) is 0 Å². The largest absolute Gasteiger partial charge is 0.487 e. The maximum atomic E-state index is 6.26. The van der Waals surface area contributed by atoms with E-state index >= 15 is 0 Å². The zero-order valence-electron chi connectivity index (χ0n) is 12.8. The summed E-state index contributed by atoms with van der Waals surface area (Å²) in [4.78, 5) is 0. The van der Waals surface area contributed by atoms with E-state index in [4.69, 9.17) is 22.1 Å². The Hall–Kier alpha value is -1.52. The summed E-state index contributed by atoms with van der Waals surface area (Å²) in [6, 6.07) is 7.98. The van der Waals surface area contributed by atoms with E-state index in [0.717, 1.165) is 35.7 Å². The second-order valence-electron chi connectivity index (χ2n) is 5.03. The number of aromatic nitrogens is 2. The first kappa shape index (κ1) is 15.9. The van der Waals surface area contributed by atoms with E-state index in [0.29, 0.717) is 11.6 Å². The van der Waals surface area contributed by atoms with Crippen molar-refractivity contribution < 1.29 is 4.74 Å². The molecule has 0 aliphatic rings. The minimum absolute atomic E-state index is 0.0812. The highest BCUT2D eigenvalue weighted by atomic mass is 35.5. The van der Waals surface area contributed by atoms with Crippen molar-refractivity contribution in [2.24, 2.45) is 5.73 Å². The molecule has 1 unspecified atom stereocenters. The Balaban J connectivity index is 2.06. The Labute approximate surface area is 130 Å². The fraction of sp³-hybridized carbons (Fsp3) is 0.438. The molecule has 0 aliphatic heterocycles. The van der Waals surface area contributed by atoms with Crippen LogP contribution in [0.5, 0.6) is 5.75 Å². The third kappa shape index (κ3) is 3.57. The number of halogens is 1. The van der Waals surface area contributed by atoms with Crippen molar-refractivity contribution in [3.63, 3.8) is 0 Å². The van der Waals surface area contributed by atoms with Crippen molar-refractivity contribution in [1.29, 1.82) is 0 Å². The average molecular weight is 308 g/mol. The highest BCUT2D eigenvalue weighted by molar-refractivity contribution is 6.31. The lowest BCUT2D eigenvalue weighted by molar-refractivity contribution is 0.292. The van der Waals surface area contributed by atoms with Gasteiger partial charge in [0.2, 0.25) is 0 Å². The molecule has 0 radical (unpaired) electrons. The molecular formula is C16H22ClN3O. The highest BCUT2D eigenvalue weighted by Crippen LogP contribution is 2.23. The summed E-state index contributed by atoms with van der Waals surface area (Å²) in [5, 5.41) is 5.06. The van der Waals surface area contributed by atoms with Crippen LogP contribution in [0.1, 0.15) is 43.3 Å². The van der Waals surface area contributed by atoms with E-state index in [1.165, 1.54) is 0 Å². The van der Waals surface area contributed by atoms with Gasteiger partial charge in [0.05, 0.1) is 16.4 Å². The lowest BCUT2D eigenvalue weighted by Crippen LogP contribution is -2.09. The maximum absolute atomic E-state index is 6.26. The van der Waals surface area contributed by atoms with Crippen molar-refractivity contribution in [3.05, 3.63) is 46.2 Å². The molecule has 0 saturated heterocycles. The van der Waals surface area contributed by atoms with Gasteiger partial charge in [-0.1, -0.05) is 30.7 Å². The molecule has 0 fully saturated rings. The van der Waals surface area contributed by atoms with Gasteiger partial charge in [-0.3, -0.25) is 4.68 Å². The number of hydrogen-bond acceptors (Lipinski definition) is 3. The van der Waals surface area contributed by atoms with Gasteiger partial charge in [0.1, 0.15) is 12.4 Å². The summed E-state index contributed by atoms with van der Waals surface area (Å²) in [6.07, 6.45) is 0.921. The minimum atomic E-state index is 0.0812. The summed E-state index contributed by atoms with van der Waals surface area (Å²) in [5.74, 6) is 0.805. The number of aryl methyl sites for hydroxylation is 2. The molecule has 4 nitrogen and oxygen atoms in total. The normalized spacial score (nSPS) is 12.4. The minimum Gasteiger partial charge on any atom is -0.487 e. The van der Waals surface area contributed by atoms with Gasteiger partial charge in [-0.15, -0.1) is 0 Å². The SMILES string of the molecule is CCC(N)c1ccc(OCc2c(Cl)c(C)nn2CC)cc1.